The molecule has 1 rings (SSSR count). The summed E-state index contributed by atoms with van der Waals surface area (Å²) < 4.78 is 10.8. The average molecular weight is 427 g/mol. The Morgan fingerprint density at radius 1 is 1.07 bits per heavy atom. The molecule has 29 heavy (non-hydrogen) atoms. The number of thiazole rings is 1. The van der Waals surface area contributed by atoms with Crippen LogP contribution in [0.2, 0.25) is 0 Å². The number of amides is 2. The second-order valence-electron chi connectivity index (χ2n) is 8.96. The zero-order valence-electron chi connectivity index (χ0n) is 18.3. The van der Waals surface area contributed by atoms with Gasteiger partial charge in [-0.15, -0.1) is 11.3 Å². The Balaban J connectivity index is 3.23. The van der Waals surface area contributed by atoms with Crippen LogP contribution in [0.15, 0.2) is 5.38 Å². The summed E-state index contributed by atoms with van der Waals surface area (Å²) >= 11 is 1.04. The summed E-state index contributed by atoms with van der Waals surface area (Å²) in [4.78, 5) is 54.0. The number of hydrogen-bond donors (Lipinski definition) is 0. The summed E-state index contributed by atoms with van der Waals surface area (Å²) in [5.74, 6) is -0.636. The van der Waals surface area contributed by atoms with Crippen LogP contribution in [0.1, 0.15) is 82.1 Å². The topological polar surface area (TPSA) is 103 Å². The fraction of sp³-hybridized carbons (Fsp3) is 0.650. The highest BCUT2D eigenvalue weighted by atomic mass is 32.1. The quantitative estimate of drug-likeness (QED) is 0.479. The van der Waals surface area contributed by atoms with Crippen molar-refractivity contribution in [1.82, 2.24) is 9.88 Å². The molecule has 0 unspecified atom stereocenters. The van der Waals surface area contributed by atoms with Gasteiger partial charge in [-0.1, -0.05) is 13.8 Å². The van der Waals surface area contributed by atoms with Crippen molar-refractivity contribution in [2.45, 2.75) is 79.1 Å². The number of nitrogens with zero attached hydrogens (tertiary/aromatic N) is 2. The molecule has 8 nitrogen and oxygen atoms in total. The third-order valence-electron chi connectivity index (χ3n) is 3.56. The molecule has 9 heteroatoms. The molecule has 1 aromatic rings. The lowest BCUT2D eigenvalue weighted by atomic mass is 9.97. The third kappa shape index (κ3) is 7.92. The molecule has 0 radical (unpaired) electrons. The van der Waals surface area contributed by atoms with Crippen LogP contribution in [0.4, 0.5) is 9.59 Å². The van der Waals surface area contributed by atoms with Crippen molar-refractivity contribution in [3.63, 3.8) is 0 Å². The lowest BCUT2D eigenvalue weighted by molar-refractivity contribution is -0.0118. The standard InChI is InChI=1S/C20H30N2O6S/c1-12(2)14(9-15(24)16-21-13(10-23)11-29-16)22(17(25)27-19(3,4)5)18(26)28-20(6,7)8/h10-12,14H,9H2,1-8H3/t14-/m1/s1. The smallest absolute Gasteiger partial charge is 0.420 e. The van der Waals surface area contributed by atoms with Gasteiger partial charge in [-0.25, -0.2) is 19.5 Å². The lowest BCUT2D eigenvalue weighted by Crippen LogP contribution is -2.51. The van der Waals surface area contributed by atoms with Gasteiger partial charge in [-0.2, -0.15) is 0 Å². The first-order valence-electron chi connectivity index (χ1n) is 9.33. The number of carbonyl (C=O) groups is 4. The van der Waals surface area contributed by atoms with Crippen LogP contribution < -0.4 is 0 Å². The fourth-order valence-electron chi connectivity index (χ4n) is 2.34. The van der Waals surface area contributed by atoms with E-state index in [2.05, 4.69) is 4.98 Å². The minimum atomic E-state index is -0.883. The molecule has 1 heterocycles. The second-order valence-corrected chi connectivity index (χ2v) is 9.82. The molecule has 0 saturated carbocycles. The van der Waals surface area contributed by atoms with Crippen molar-refractivity contribution >= 4 is 35.6 Å². The number of carbonyl (C=O) groups excluding carboxylic acids is 4. The highest BCUT2D eigenvalue weighted by Crippen LogP contribution is 2.24. The van der Waals surface area contributed by atoms with Gasteiger partial charge >= 0.3 is 12.2 Å². The summed E-state index contributed by atoms with van der Waals surface area (Å²) in [7, 11) is 0. The third-order valence-corrected chi connectivity index (χ3v) is 4.46. The van der Waals surface area contributed by atoms with E-state index in [-0.39, 0.29) is 28.8 Å². The Hall–Kier alpha value is -2.29. The molecule has 0 saturated heterocycles. The Bertz CT molecular complexity index is 730. The normalized spacial score (nSPS) is 13.0. The van der Waals surface area contributed by atoms with Crippen LogP contribution in [0.5, 0.6) is 0 Å². The van der Waals surface area contributed by atoms with Gasteiger partial charge in [0, 0.05) is 11.8 Å². The van der Waals surface area contributed by atoms with E-state index >= 15 is 0 Å². The minimum absolute atomic E-state index is 0.145. The number of ether oxygens (including phenoxy) is 2. The van der Waals surface area contributed by atoms with Gasteiger partial charge in [0.1, 0.15) is 16.9 Å². The van der Waals surface area contributed by atoms with Crippen molar-refractivity contribution in [2.75, 3.05) is 0 Å². The van der Waals surface area contributed by atoms with E-state index in [0.29, 0.717) is 6.29 Å². The lowest BCUT2D eigenvalue weighted by Gasteiger charge is -2.34. The van der Waals surface area contributed by atoms with E-state index in [1.54, 1.807) is 55.4 Å². The number of aldehydes is 1. The predicted molar refractivity (Wildman–Crippen MR) is 109 cm³/mol. The van der Waals surface area contributed by atoms with Gasteiger partial charge in [0.25, 0.3) is 0 Å². The maximum Gasteiger partial charge on any atom is 0.420 e. The number of hydrogen-bond acceptors (Lipinski definition) is 8. The SMILES string of the molecule is CC(C)[C@@H](CC(=O)c1nc(C=O)cs1)N(C(=O)OC(C)(C)C)C(=O)OC(C)(C)C. The molecule has 0 aliphatic heterocycles. The number of aromatic nitrogens is 1. The molecular formula is C20H30N2O6S. The van der Waals surface area contributed by atoms with Gasteiger partial charge in [-0.05, 0) is 47.5 Å². The van der Waals surface area contributed by atoms with Crippen molar-refractivity contribution < 1.29 is 28.7 Å². The summed E-state index contributed by atoms with van der Waals surface area (Å²) in [6.45, 7) is 13.7. The molecular weight excluding hydrogens is 396 g/mol. The zero-order valence-corrected chi connectivity index (χ0v) is 19.1. The van der Waals surface area contributed by atoms with E-state index in [4.69, 9.17) is 9.47 Å². The Kier molecular flexibility index (Phi) is 8.08. The Morgan fingerprint density at radius 3 is 1.90 bits per heavy atom. The van der Waals surface area contributed by atoms with Crippen LogP contribution in [0.25, 0.3) is 0 Å². The van der Waals surface area contributed by atoms with Gasteiger partial charge < -0.3 is 9.47 Å². The molecule has 162 valence electrons. The summed E-state index contributed by atoms with van der Waals surface area (Å²) in [6.07, 6.45) is -1.37. The molecule has 0 aliphatic carbocycles. The largest absolute Gasteiger partial charge is 0.443 e. The van der Waals surface area contributed by atoms with E-state index < -0.39 is 29.4 Å². The summed E-state index contributed by atoms with van der Waals surface area (Å²) in [5, 5.41) is 1.62. The molecule has 0 aliphatic rings. The monoisotopic (exact) mass is 426 g/mol. The average Bonchev–Trinajstić information content (AvgIpc) is 2.99. The van der Waals surface area contributed by atoms with Crippen LogP contribution >= 0.6 is 11.3 Å². The molecule has 0 bridgehead atoms. The van der Waals surface area contributed by atoms with E-state index in [0.717, 1.165) is 16.2 Å². The first kappa shape index (κ1) is 24.7. The molecule has 1 aromatic heterocycles. The molecule has 0 N–H and O–H groups in total. The fourth-order valence-corrected chi connectivity index (χ4v) is 3.05. The predicted octanol–water partition coefficient (Wildman–Crippen LogP) is 4.73. The maximum absolute atomic E-state index is 12.8. The van der Waals surface area contributed by atoms with Crippen LogP contribution in [-0.4, -0.2) is 51.4 Å². The Morgan fingerprint density at radius 2 is 1.55 bits per heavy atom. The number of Topliss-reactive ketones (excluding diaryl/α,β-unsaturated/α-hetero) is 1. The molecule has 2 amide bonds. The maximum atomic E-state index is 12.8. The van der Waals surface area contributed by atoms with Crippen LogP contribution in [-0.2, 0) is 9.47 Å². The summed E-state index contributed by atoms with van der Waals surface area (Å²) in [6, 6.07) is -0.809. The van der Waals surface area contributed by atoms with Gasteiger partial charge in [-0.3, -0.25) is 9.59 Å². The van der Waals surface area contributed by atoms with Crippen molar-refractivity contribution in [3.05, 3.63) is 16.1 Å². The number of rotatable bonds is 6. The molecule has 0 fully saturated rings. The van der Waals surface area contributed by atoms with Gasteiger partial charge in [0.2, 0.25) is 0 Å². The van der Waals surface area contributed by atoms with Crippen LogP contribution in [0, 0.1) is 5.92 Å². The van der Waals surface area contributed by atoms with Crippen molar-refractivity contribution in [2.24, 2.45) is 5.92 Å². The van der Waals surface area contributed by atoms with Crippen LogP contribution in [0.3, 0.4) is 0 Å². The van der Waals surface area contributed by atoms with Crippen molar-refractivity contribution in [3.8, 4) is 0 Å². The first-order chi connectivity index (χ1) is 13.1. The Labute approximate surface area is 175 Å². The molecule has 1 atom stereocenters. The van der Waals surface area contributed by atoms with Gasteiger partial charge in [0.15, 0.2) is 17.1 Å². The van der Waals surface area contributed by atoms with Gasteiger partial charge in [0.05, 0.1) is 6.04 Å². The summed E-state index contributed by atoms with van der Waals surface area (Å²) in [5.41, 5.74) is -1.51. The molecule has 0 aromatic carbocycles. The second kappa shape index (κ2) is 9.47. The first-order valence-corrected chi connectivity index (χ1v) is 10.2. The van der Waals surface area contributed by atoms with Crippen molar-refractivity contribution in [1.29, 1.82) is 0 Å². The van der Waals surface area contributed by atoms with E-state index in [1.165, 1.54) is 5.38 Å². The molecule has 0 spiro atoms. The van der Waals surface area contributed by atoms with E-state index in [9.17, 15) is 19.2 Å². The van der Waals surface area contributed by atoms with E-state index in [1.807, 2.05) is 0 Å². The zero-order chi connectivity index (χ0) is 22.6. The highest BCUT2D eigenvalue weighted by Gasteiger charge is 2.39. The number of ketones is 1. The minimum Gasteiger partial charge on any atom is -0.443 e. The highest BCUT2D eigenvalue weighted by molar-refractivity contribution is 7.11. The number of imide groups is 1.